The summed E-state index contributed by atoms with van der Waals surface area (Å²) in [6.45, 7) is 6.69. The second-order valence-electron chi connectivity index (χ2n) is 7.44. The third-order valence-electron chi connectivity index (χ3n) is 4.39. The van der Waals surface area contributed by atoms with E-state index in [1.807, 2.05) is 22.9 Å². The van der Waals surface area contributed by atoms with Gasteiger partial charge in [0.2, 0.25) is 5.91 Å². The summed E-state index contributed by atoms with van der Waals surface area (Å²) in [5.41, 5.74) is -0.415. The Morgan fingerprint density at radius 1 is 1.27 bits per heavy atom. The van der Waals surface area contributed by atoms with Crippen molar-refractivity contribution in [3.8, 4) is 0 Å². The van der Waals surface area contributed by atoms with Crippen LogP contribution in [0.4, 0.5) is 0 Å². The van der Waals surface area contributed by atoms with Crippen molar-refractivity contribution in [2.75, 3.05) is 0 Å². The van der Waals surface area contributed by atoms with Crippen molar-refractivity contribution in [1.29, 1.82) is 0 Å². The molecule has 0 bridgehead atoms. The van der Waals surface area contributed by atoms with E-state index < -0.39 is 0 Å². The predicted molar refractivity (Wildman–Crippen MR) is 99.6 cm³/mol. The van der Waals surface area contributed by atoms with Gasteiger partial charge >= 0.3 is 0 Å². The molecule has 3 rings (SSSR count). The number of nitrogens with zero attached hydrogens (tertiary/aromatic N) is 4. The molecule has 0 aliphatic rings. The fourth-order valence-corrected chi connectivity index (χ4v) is 2.76. The molecule has 1 N–H and O–H groups in total. The van der Waals surface area contributed by atoms with E-state index in [0.717, 1.165) is 5.39 Å². The first-order chi connectivity index (χ1) is 12.3. The van der Waals surface area contributed by atoms with E-state index in [0.29, 0.717) is 11.9 Å². The molecule has 136 valence electrons. The van der Waals surface area contributed by atoms with Gasteiger partial charge < -0.3 is 9.88 Å². The topological polar surface area (TPSA) is 81.8 Å². The molecule has 0 saturated carbocycles. The lowest BCUT2D eigenvalue weighted by Gasteiger charge is -2.31. The van der Waals surface area contributed by atoms with Crippen molar-refractivity contribution in [2.24, 2.45) is 5.41 Å². The van der Waals surface area contributed by atoms with Crippen LogP contribution in [0.1, 0.15) is 20.8 Å². The number of carbonyl (C=O) groups excluding carboxylic acids is 1. The molecule has 0 unspecified atom stereocenters. The Morgan fingerprint density at radius 2 is 2.04 bits per heavy atom. The first kappa shape index (κ1) is 17.8. The Kier molecular flexibility index (Phi) is 4.88. The molecule has 1 aromatic carbocycles. The van der Waals surface area contributed by atoms with Crippen molar-refractivity contribution < 1.29 is 4.79 Å². The Labute approximate surface area is 151 Å². The molecule has 0 fully saturated rings. The summed E-state index contributed by atoms with van der Waals surface area (Å²) in [6.07, 6.45) is 6.90. The smallest absolute Gasteiger partial charge is 0.275 e. The Hall–Kier alpha value is -2.96. The Bertz CT molecular complexity index is 954. The lowest BCUT2D eigenvalue weighted by Crippen LogP contribution is -2.48. The Morgan fingerprint density at radius 3 is 2.73 bits per heavy atom. The van der Waals surface area contributed by atoms with Crippen LogP contribution < -0.4 is 10.9 Å². The number of fused-ring (bicyclic) bond motifs is 1. The number of benzene rings is 1. The van der Waals surface area contributed by atoms with E-state index in [1.165, 1.54) is 4.68 Å². The average Bonchev–Trinajstić information content (AvgIpc) is 3.09. The van der Waals surface area contributed by atoms with Crippen LogP contribution in [0.5, 0.6) is 0 Å². The summed E-state index contributed by atoms with van der Waals surface area (Å²) >= 11 is 0. The summed E-state index contributed by atoms with van der Waals surface area (Å²) in [7, 11) is 0. The van der Waals surface area contributed by atoms with Crippen molar-refractivity contribution in [3.05, 3.63) is 59.5 Å². The van der Waals surface area contributed by atoms with Crippen molar-refractivity contribution in [2.45, 2.75) is 39.9 Å². The maximum atomic E-state index is 12.6. The van der Waals surface area contributed by atoms with Gasteiger partial charge in [0, 0.05) is 24.3 Å². The van der Waals surface area contributed by atoms with Gasteiger partial charge in [0.25, 0.3) is 5.56 Å². The molecule has 1 amide bonds. The maximum absolute atomic E-state index is 12.6. The molecule has 2 heterocycles. The highest BCUT2D eigenvalue weighted by atomic mass is 16.2. The van der Waals surface area contributed by atoms with E-state index in [1.54, 1.807) is 30.9 Å². The Balaban J connectivity index is 1.76. The van der Waals surface area contributed by atoms with E-state index in [9.17, 15) is 9.59 Å². The van der Waals surface area contributed by atoms with E-state index >= 15 is 0 Å². The number of hydrogen-bond acceptors (Lipinski definition) is 4. The monoisotopic (exact) mass is 353 g/mol. The highest BCUT2D eigenvalue weighted by Gasteiger charge is 2.26. The quantitative estimate of drug-likeness (QED) is 0.759. The normalized spacial score (nSPS) is 12.9. The molecule has 0 aliphatic heterocycles. The molecule has 7 heteroatoms. The van der Waals surface area contributed by atoms with Gasteiger partial charge in [0.1, 0.15) is 6.54 Å². The van der Waals surface area contributed by atoms with Crippen LogP contribution in [0, 0.1) is 5.41 Å². The molecule has 0 aliphatic carbocycles. The number of amides is 1. The molecular formula is C19H23N5O2. The summed E-state index contributed by atoms with van der Waals surface area (Å²) in [6, 6.07) is 7.11. The lowest BCUT2D eigenvalue weighted by molar-refractivity contribution is -0.123. The van der Waals surface area contributed by atoms with Gasteiger partial charge in [0.15, 0.2) is 0 Å². The first-order valence-corrected chi connectivity index (χ1v) is 8.54. The number of aromatic nitrogens is 4. The van der Waals surface area contributed by atoms with Gasteiger partial charge in [-0.1, -0.05) is 39.0 Å². The second kappa shape index (κ2) is 7.11. The molecule has 1 atom stereocenters. The summed E-state index contributed by atoms with van der Waals surface area (Å²) in [4.78, 5) is 29.1. The number of imidazole rings is 1. The van der Waals surface area contributed by atoms with Gasteiger partial charge in [-0.05, 0) is 11.5 Å². The standard InChI is InChI=1S/C19H23N5O2/c1-19(2,3)16(11-23-9-8-20-13-23)22-17(25)12-24-18(26)15-7-5-4-6-14(15)10-21-24/h4-10,13,16H,11-12H2,1-3H3,(H,22,25)/t16-/m1/s1. The highest BCUT2D eigenvalue weighted by Crippen LogP contribution is 2.20. The second-order valence-corrected chi connectivity index (χ2v) is 7.44. The molecule has 0 radical (unpaired) electrons. The predicted octanol–water partition coefficient (Wildman–Crippen LogP) is 1.82. The van der Waals surface area contributed by atoms with Crippen LogP contribution in [0.3, 0.4) is 0 Å². The van der Waals surface area contributed by atoms with Crippen LogP contribution >= 0.6 is 0 Å². The zero-order chi connectivity index (χ0) is 18.7. The fraction of sp³-hybridized carbons (Fsp3) is 0.368. The van der Waals surface area contributed by atoms with Gasteiger partial charge in [-0.2, -0.15) is 5.10 Å². The first-order valence-electron chi connectivity index (χ1n) is 8.54. The van der Waals surface area contributed by atoms with Crippen LogP contribution in [0.2, 0.25) is 0 Å². The molecule has 2 aromatic heterocycles. The maximum Gasteiger partial charge on any atom is 0.275 e. The van der Waals surface area contributed by atoms with Gasteiger partial charge in [-0.15, -0.1) is 0 Å². The third kappa shape index (κ3) is 3.99. The SMILES string of the molecule is CC(C)(C)[C@@H](Cn1ccnc1)NC(=O)Cn1ncc2ccccc2c1=O. The lowest BCUT2D eigenvalue weighted by atomic mass is 9.86. The van der Waals surface area contributed by atoms with Crippen LogP contribution in [-0.2, 0) is 17.9 Å². The zero-order valence-corrected chi connectivity index (χ0v) is 15.2. The van der Waals surface area contributed by atoms with E-state index in [4.69, 9.17) is 0 Å². The number of nitrogens with one attached hydrogen (secondary N) is 1. The van der Waals surface area contributed by atoms with Crippen LogP contribution in [0.25, 0.3) is 10.8 Å². The van der Waals surface area contributed by atoms with Gasteiger partial charge in [0.05, 0.1) is 24.0 Å². The zero-order valence-electron chi connectivity index (χ0n) is 15.2. The molecule has 3 aromatic rings. The minimum absolute atomic E-state index is 0.111. The van der Waals surface area contributed by atoms with E-state index in [2.05, 4.69) is 36.2 Å². The largest absolute Gasteiger partial charge is 0.349 e. The minimum Gasteiger partial charge on any atom is -0.349 e. The number of rotatable bonds is 5. The van der Waals surface area contributed by atoms with E-state index in [-0.39, 0.29) is 29.5 Å². The van der Waals surface area contributed by atoms with Crippen LogP contribution in [0.15, 0.2) is 54.0 Å². The van der Waals surface area contributed by atoms with Gasteiger partial charge in [-0.3, -0.25) is 9.59 Å². The summed E-state index contributed by atoms with van der Waals surface area (Å²) in [5.74, 6) is -0.241. The highest BCUT2D eigenvalue weighted by molar-refractivity contribution is 5.81. The molecule has 0 spiro atoms. The molecule has 0 saturated heterocycles. The number of carbonyl (C=O) groups is 1. The fourth-order valence-electron chi connectivity index (χ4n) is 2.76. The van der Waals surface area contributed by atoms with Crippen molar-refractivity contribution >= 4 is 16.7 Å². The molecule has 26 heavy (non-hydrogen) atoms. The third-order valence-corrected chi connectivity index (χ3v) is 4.39. The average molecular weight is 353 g/mol. The summed E-state index contributed by atoms with van der Waals surface area (Å²) in [5, 5.41) is 8.47. The minimum atomic E-state index is -0.264. The van der Waals surface area contributed by atoms with Crippen LogP contribution in [-0.4, -0.2) is 31.3 Å². The van der Waals surface area contributed by atoms with Gasteiger partial charge in [-0.25, -0.2) is 9.67 Å². The number of hydrogen-bond donors (Lipinski definition) is 1. The van der Waals surface area contributed by atoms with Crippen molar-refractivity contribution in [1.82, 2.24) is 24.6 Å². The summed E-state index contributed by atoms with van der Waals surface area (Å²) < 4.78 is 3.13. The molecule has 7 nitrogen and oxygen atoms in total. The van der Waals surface area contributed by atoms with Crippen molar-refractivity contribution in [3.63, 3.8) is 0 Å². The molecular weight excluding hydrogens is 330 g/mol.